The van der Waals surface area contributed by atoms with Crippen molar-refractivity contribution in [1.29, 1.82) is 0 Å². The van der Waals surface area contributed by atoms with Gasteiger partial charge in [0.1, 0.15) is 5.75 Å². The van der Waals surface area contributed by atoms with Gasteiger partial charge in [0.15, 0.2) is 5.75 Å². The second-order valence-electron chi connectivity index (χ2n) is 5.05. The second kappa shape index (κ2) is 7.61. The van der Waals surface area contributed by atoms with E-state index in [0.29, 0.717) is 34.4 Å². The lowest BCUT2D eigenvalue weighted by atomic mass is 10.2. The fraction of sp³-hybridized carbons (Fsp3) is 0.176. The van der Waals surface area contributed by atoms with Crippen LogP contribution in [0.2, 0.25) is 5.02 Å². The Morgan fingerprint density at radius 1 is 1.29 bits per heavy atom. The number of aliphatic hydroxyl groups excluding tert-OH is 1. The van der Waals surface area contributed by atoms with Crippen molar-refractivity contribution in [2.45, 2.75) is 6.42 Å². The highest BCUT2D eigenvalue weighted by Crippen LogP contribution is 2.34. The number of benzene rings is 1. The van der Waals surface area contributed by atoms with Crippen molar-refractivity contribution < 1.29 is 14.6 Å². The van der Waals surface area contributed by atoms with E-state index in [1.54, 1.807) is 42.7 Å². The van der Waals surface area contributed by atoms with Gasteiger partial charge in [-0.2, -0.15) is 0 Å². The molecule has 0 aliphatic rings. The summed E-state index contributed by atoms with van der Waals surface area (Å²) in [5.74, 6) is 1.07. The van der Waals surface area contributed by atoms with Crippen molar-refractivity contribution in [3.63, 3.8) is 0 Å². The number of ether oxygens (including phenoxy) is 1. The third-order valence-electron chi connectivity index (χ3n) is 3.30. The van der Waals surface area contributed by atoms with E-state index in [1.807, 2.05) is 0 Å². The maximum atomic E-state index is 12.1. The van der Waals surface area contributed by atoms with E-state index in [2.05, 4.69) is 10.3 Å². The van der Waals surface area contributed by atoms with Crippen molar-refractivity contribution in [3.8, 4) is 11.5 Å². The minimum Gasteiger partial charge on any atom is -0.455 e. The molecule has 2 N–H and O–H groups in total. The summed E-state index contributed by atoms with van der Waals surface area (Å²) >= 11 is 7.23. The molecule has 0 aliphatic heterocycles. The Morgan fingerprint density at radius 2 is 2.08 bits per heavy atom. The number of halogens is 1. The molecule has 0 spiro atoms. The highest BCUT2D eigenvalue weighted by Gasteiger charge is 2.13. The minimum absolute atomic E-state index is 0.0513. The number of amides is 1. The molecule has 3 rings (SSSR count). The Labute approximate surface area is 147 Å². The Kier molecular flexibility index (Phi) is 5.30. The van der Waals surface area contributed by atoms with E-state index in [9.17, 15) is 4.79 Å². The number of aliphatic hydroxyl groups is 1. The van der Waals surface area contributed by atoms with E-state index in [0.717, 1.165) is 10.1 Å². The molecule has 2 heterocycles. The molecule has 124 valence electrons. The molecule has 2 aromatic heterocycles. The molecule has 1 aromatic carbocycles. The normalized spacial score (nSPS) is 10.8. The number of nitrogens with one attached hydrogen (secondary N) is 1. The van der Waals surface area contributed by atoms with Crippen LogP contribution in [0, 0.1) is 0 Å². The number of hydrogen-bond donors (Lipinski definition) is 2. The van der Waals surface area contributed by atoms with E-state index in [1.165, 1.54) is 11.3 Å². The predicted octanol–water partition coefficient (Wildman–Crippen LogP) is 3.85. The molecule has 0 atom stereocenters. The minimum atomic E-state index is -0.165. The fourth-order valence-corrected chi connectivity index (χ4v) is 3.21. The Balaban J connectivity index is 1.84. The van der Waals surface area contributed by atoms with Crippen LogP contribution >= 0.6 is 22.9 Å². The molecular formula is C17H15ClN2O3S. The molecule has 0 bridgehead atoms. The van der Waals surface area contributed by atoms with Crippen LogP contribution < -0.4 is 10.1 Å². The van der Waals surface area contributed by atoms with Gasteiger partial charge in [0.2, 0.25) is 0 Å². The number of hydrogen-bond acceptors (Lipinski definition) is 5. The van der Waals surface area contributed by atoms with Crippen molar-refractivity contribution in [1.82, 2.24) is 10.3 Å². The smallest absolute Gasteiger partial charge is 0.261 e. The zero-order chi connectivity index (χ0) is 16.9. The molecular weight excluding hydrogens is 348 g/mol. The highest BCUT2D eigenvalue weighted by atomic mass is 35.5. The SMILES string of the molecule is O=C(NCCCO)c1cc2c(Oc3ccc(Cl)cc3)cncc2s1. The Hall–Kier alpha value is -2.15. The zero-order valence-corrected chi connectivity index (χ0v) is 14.2. The molecule has 0 radical (unpaired) electrons. The fourth-order valence-electron chi connectivity index (χ4n) is 2.13. The summed E-state index contributed by atoms with van der Waals surface area (Å²) in [7, 11) is 0. The quantitative estimate of drug-likeness (QED) is 0.653. The molecule has 3 aromatic rings. The van der Waals surface area contributed by atoms with Gasteiger partial charge in [0, 0.05) is 29.8 Å². The van der Waals surface area contributed by atoms with E-state index in [4.69, 9.17) is 21.4 Å². The maximum Gasteiger partial charge on any atom is 0.261 e. The highest BCUT2D eigenvalue weighted by molar-refractivity contribution is 7.20. The number of aromatic nitrogens is 1. The Morgan fingerprint density at radius 3 is 2.83 bits per heavy atom. The maximum absolute atomic E-state index is 12.1. The lowest BCUT2D eigenvalue weighted by Gasteiger charge is -2.06. The van der Waals surface area contributed by atoms with Gasteiger partial charge in [0.25, 0.3) is 5.91 Å². The van der Waals surface area contributed by atoms with Crippen molar-refractivity contribution in [2.24, 2.45) is 0 Å². The topological polar surface area (TPSA) is 71.5 Å². The van der Waals surface area contributed by atoms with Crippen molar-refractivity contribution in [2.75, 3.05) is 13.2 Å². The van der Waals surface area contributed by atoms with E-state index >= 15 is 0 Å². The average molecular weight is 363 g/mol. The zero-order valence-electron chi connectivity index (χ0n) is 12.7. The van der Waals surface area contributed by atoms with Crippen molar-refractivity contribution >= 4 is 38.9 Å². The predicted molar refractivity (Wildman–Crippen MR) is 95.2 cm³/mol. The number of thiophene rings is 1. The van der Waals surface area contributed by atoms with Gasteiger partial charge in [-0.05, 0) is 36.8 Å². The second-order valence-corrected chi connectivity index (χ2v) is 6.57. The molecule has 0 saturated carbocycles. The third kappa shape index (κ3) is 3.84. The third-order valence-corrected chi connectivity index (χ3v) is 4.62. The van der Waals surface area contributed by atoms with Gasteiger partial charge >= 0.3 is 0 Å². The number of nitrogens with zero attached hydrogens (tertiary/aromatic N) is 1. The summed E-state index contributed by atoms with van der Waals surface area (Å²) in [6.07, 6.45) is 3.86. The van der Waals surface area contributed by atoms with Gasteiger partial charge in [-0.15, -0.1) is 11.3 Å². The van der Waals surface area contributed by atoms with Crippen molar-refractivity contribution in [3.05, 3.63) is 52.6 Å². The van der Waals surface area contributed by atoms with Gasteiger partial charge in [0.05, 0.1) is 15.8 Å². The van der Waals surface area contributed by atoms with Crippen LogP contribution in [0.1, 0.15) is 16.1 Å². The number of rotatable bonds is 6. The van der Waals surface area contributed by atoms with Crippen LogP contribution in [0.5, 0.6) is 11.5 Å². The van der Waals surface area contributed by atoms with Gasteiger partial charge in [-0.25, -0.2) is 0 Å². The van der Waals surface area contributed by atoms with Crippen LogP contribution in [0.3, 0.4) is 0 Å². The average Bonchev–Trinajstić information content (AvgIpc) is 3.02. The summed E-state index contributed by atoms with van der Waals surface area (Å²) in [5.41, 5.74) is 0. The molecule has 1 amide bonds. The molecule has 0 unspecified atom stereocenters. The summed E-state index contributed by atoms with van der Waals surface area (Å²) in [5, 5.41) is 13.0. The van der Waals surface area contributed by atoms with Crippen LogP contribution in [-0.4, -0.2) is 29.1 Å². The largest absolute Gasteiger partial charge is 0.455 e. The first-order valence-electron chi connectivity index (χ1n) is 7.37. The molecule has 24 heavy (non-hydrogen) atoms. The van der Waals surface area contributed by atoms with E-state index < -0.39 is 0 Å². The van der Waals surface area contributed by atoms with Crippen LogP contribution in [0.25, 0.3) is 10.1 Å². The summed E-state index contributed by atoms with van der Waals surface area (Å²) in [6.45, 7) is 0.492. The first-order chi connectivity index (χ1) is 11.7. The molecule has 7 heteroatoms. The van der Waals surface area contributed by atoms with Gasteiger partial charge < -0.3 is 15.2 Å². The first-order valence-corrected chi connectivity index (χ1v) is 8.57. The molecule has 5 nitrogen and oxygen atoms in total. The molecule has 0 saturated heterocycles. The van der Waals surface area contributed by atoms with Crippen LogP contribution in [0.15, 0.2) is 42.7 Å². The van der Waals surface area contributed by atoms with Crippen LogP contribution in [-0.2, 0) is 0 Å². The lowest BCUT2D eigenvalue weighted by Crippen LogP contribution is -2.24. The number of carbonyl (C=O) groups excluding carboxylic acids is 1. The summed E-state index contributed by atoms with van der Waals surface area (Å²) in [6, 6.07) is 8.84. The lowest BCUT2D eigenvalue weighted by molar-refractivity contribution is 0.0955. The van der Waals surface area contributed by atoms with Gasteiger partial charge in [-0.1, -0.05) is 11.6 Å². The van der Waals surface area contributed by atoms with Gasteiger partial charge in [-0.3, -0.25) is 9.78 Å². The first kappa shape index (κ1) is 16.7. The molecule has 0 fully saturated rings. The number of carbonyl (C=O) groups is 1. The molecule has 0 aliphatic carbocycles. The number of pyridine rings is 1. The summed E-state index contributed by atoms with van der Waals surface area (Å²) < 4.78 is 6.73. The van der Waals surface area contributed by atoms with Crippen LogP contribution in [0.4, 0.5) is 0 Å². The Bertz CT molecular complexity index is 849. The standard InChI is InChI=1S/C17H15ClN2O3S/c18-11-2-4-12(5-3-11)23-14-9-19-10-16-13(14)8-15(24-16)17(22)20-6-1-7-21/h2-5,8-10,21H,1,6-7H2,(H,20,22). The number of fused-ring (bicyclic) bond motifs is 1. The summed E-state index contributed by atoms with van der Waals surface area (Å²) in [4.78, 5) is 16.9. The van der Waals surface area contributed by atoms with E-state index in [-0.39, 0.29) is 12.5 Å². The monoisotopic (exact) mass is 362 g/mol.